The molecule has 9 heteroatoms. The quantitative estimate of drug-likeness (QED) is 0.266. The Bertz CT molecular complexity index is 1560. The zero-order valence-electron chi connectivity index (χ0n) is 21.7. The van der Waals surface area contributed by atoms with Gasteiger partial charge in [-0.25, -0.2) is 4.39 Å². The lowest BCUT2D eigenvalue weighted by Gasteiger charge is -2.42. The molecule has 0 saturated carbocycles. The number of nitrogens with one attached hydrogen (secondary N) is 1. The third-order valence-corrected chi connectivity index (χ3v) is 7.17. The first-order chi connectivity index (χ1) is 19.7. The maximum absolute atomic E-state index is 14.3. The molecule has 1 aliphatic heterocycles. The largest absolute Gasteiger partial charge is 0.416 e. The molecule has 1 heterocycles. The van der Waals surface area contributed by atoms with Crippen molar-refractivity contribution in [1.29, 1.82) is 0 Å². The third-order valence-electron chi connectivity index (χ3n) is 7.17. The van der Waals surface area contributed by atoms with Crippen molar-refractivity contribution in [3.63, 3.8) is 0 Å². The molecular weight excluding hydrogens is 536 g/mol. The molecule has 0 bridgehead atoms. The van der Waals surface area contributed by atoms with Crippen LogP contribution in [0.3, 0.4) is 0 Å². The molecule has 5 nitrogen and oxygen atoms in total. The van der Waals surface area contributed by atoms with E-state index in [1.54, 1.807) is 48.5 Å². The number of carbonyl (C=O) groups excluding carboxylic acids is 2. The molecule has 2 amide bonds. The van der Waals surface area contributed by atoms with Crippen molar-refractivity contribution in [3.05, 3.63) is 142 Å². The Morgan fingerprint density at radius 2 is 1.54 bits per heavy atom. The summed E-state index contributed by atoms with van der Waals surface area (Å²) in [6.45, 7) is -0.370. The summed E-state index contributed by atoms with van der Waals surface area (Å²) in [6, 6.07) is 23.8. The zero-order chi connectivity index (χ0) is 29.1. The van der Waals surface area contributed by atoms with Crippen molar-refractivity contribution in [2.24, 2.45) is 0 Å². The van der Waals surface area contributed by atoms with E-state index in [-0.39, 0.29) is 36.7 Å². The summed E-state index contributed by atoms with van der Waals surface area (Å²) in [5.74, 6) is -2.89. The highest BCUT2D eigenvalue weighted by atomic mass is 19.4. The topological polar surface area (TPSA) is 69.6 Å². The highest BCUT2D eigenvalue weighted by Crippen LogP contribution is 2.44. The Morgan fingerprint density at radius 1 is 0.854 bits per heavy atom. The molecule has 1 aliphatic rings. The average molecular weight is 563 g/mol. The summed E-state index contributed by atoms with van der Waals surface area (Å²) >= 11 is 0. The summed E-state index contributed by atoms with van der Waals surface area (Å²) < 4.78 is 54.8. The standard InChI is InChI=1S/C32H26F4N2O3/c33-25-15-22(14-24(16-25)32(34,35)36)18-38-29(23-12-10-21(19-39)11-13-23)28(26-8-4-5-9-27(26)31(38)41)30(40)37-17-20-6-2-1-3-7-20/h1-16,28-29,39H,17-19H2,(H,37,40)/t28-,29+/m1/s1. The molecule has 0 fully saturated rings. The maximum atomic E-state index is 14.3. The van der Waals surface area contributed by atoms with Crippen LogP contribution < -0.4 is 5.32 Å². The second-order valence-corrected chi connectivity index (χ2v) is 9.89. The van der Waals surface area contributed by atoms with Crippen LogP contribution in [0.4, 0.5) is 17.6 Å². The number of hydrogen-bond donors (Lipinski definition) is 2. The third kappa shape index (κ3) is 6.00. The van der Waals surface area contributed by atoms with Crippen molar-refractivity contribution >= 4 is 11.8 Å². The molecule has 0 spiro atoms. The molecule has 5 rings (SSSR count). The number of benzene rings is 4. The van der Waals surface area contributed by atoms with Crippen LogP contribution in [0.2, 0.25) is 0 Å². The monoisotopic (exact) mass is 562 g/mol. The minimum Gasteiger partial charge on any atom is -0.392 e. The molecule has 0 aromatic heterocycles. The van der Waals surface area contributed by atoms with Gasteiger partial charge in [-0.3, -0.25) is 9.59 Å². The summed E-state index contributed by atoms with van der Waals surface area (Å²) in [5, 5.41) is 12.5. The fraction of sp³-hybridized carbons (Fsp3) is 0.188. The number of fused-ring (bicyclic) bond motifs is 1. The number of aliphatic hydroxyl groups excluding tert-OH is 1. The minimum atomic E-state index is -4.78. The van der Waals surface area contributed by atoms with Crippen LogP contribution >= 0.6 is 0 Å². The summed E-state index contributed by atoms with van der Waals surface area (Å²) in [7, 11) is 0. The van der Waals surface area contributed by atoms with E-state index in [4.69, 9.17) is 0 Å². The number of amides is 2. The summed E-state index contributed by atoms with van der Waals surface area (Å²) in [5.41, 5.74) is 1.49. The fourth-order valence-electron chi connectivity index (χ4n) is 5.24. The van der Waals surface area contributed by atoms with E-state index in [2.05, 4.69) is 5.32 Å². The van der Waals surface area contributed by atoms with Crippen molar-refractivity contribution < 1.29 is 32.3 Å². The molecule has 4 aromatic carbocycles. The number of nitrogens with zero attached hydrogens (tertiary/aromatic N) is 1. The fourth-order valence-corrected chi connectivity index (χ4v) is 5.24. The SMILES string of the molecule is O=C(NCc1ccccc1)[C@@H]1c2ccccc2C(=O)N(Cc2cc(F)cc(C(F)(F)F)c2)[C@H]1c1ccc(CO)cc1. The van der Waals surface area contributed by atoms with Gasteiger partial charge in [0.15, 0.2) is 0 Å². The molecule has 4 aromatic rings. The first kappa shape index (κ1) is 28.0. The number of aliphatic hydroxyl groups is 1. The van der Waals surface area contributed by atoms with Crippen LogP contribution in [-0.2, 0) is 30.7 Å². The maximum Gasteiger partial charge on any atom is 0.416 e. The lowest BCUT2D eigenvalue weighted by molar-refractivity contribution is -0.137. The van der Waals surface area contributed by atoms with Gasteiger partial charge in [0.25, 0.3) is 5.91 Å². The van der Waals surface area contributed by atoms with Crippen LogP contribution in [0.15, 0.2) is 97.1 Å². The van der Waals surface area contributed by atoms with Gasteiger partial charge in [0.2, 0.25) is 5.91 Å². The van der Waals surface area contributed by atoms with Crippen LogP contribution in [0.5, 0.6) is 0 Å². The van der Waals surface area contributed by atoms with Gasteiger partial charge >= 0.3 is 6.18 Å². The molecule has 0 unspecified atom stereocenters. The predicted molar refractivity (Wildman–Crippen MR) is 144 cm³/mol. The van der Waals surface area contributed by atoms with Gasteiger partial charge in [-0.2, -0.15) is 13.2 Å². The number of halogens is 4. The Labute approximate surface area is 234 Å². The second-order valence-electron chi connectivity index (χ2n) is 9.89. The van der Waals surface area contributed by atoms with E-state index < -0.39 is 35.4 Å². The van der Waals surface area contributed by atoms with Crippen molar-refractivity contribution in [2.75, 3.05) is 0 Å². The van der Waals surface area contributed by atoms with Gasteiger partial charge < -0.3 is 15.3 Å². The van der Waals surface area contributed by atoms with Crippen LogP contribution in [0.25, 0.3) is 0 Å². The van der Waals surface area contributed by atoms with Crippen molar-refractivity contribution in [3.8, 4) is 0 Å². The van der Waals surface area contributed by atoms with E-state index in [0.717, 1.165) is 17.7 Å². The van der Waals surface area contributed by atoms with Gasteiger partial charge in [0.1, 0.15) is 5.82 Å². The highest BCUT2D eigenvalue weighted by molar-refractivity contribution is 6.01. The van der Waals surface area contributed by atoms with Gasteiger partial charge in [0.05, 0.1) is 24.1 Å². The first-order valence-corrected chi connectivity index (χ1v) is 12.9. The predicted octanol–water partition coefficient (Wildman–Crippen LogP) is 6.13. The molecule has 0 aliphatic carbocycles. The van der Waals surface area contributed by atoms with Crippen molar-refractivity contribution in [1.82, 2.24) is 10.2 Å². The number of alkyl halides is 3. The lowest BCUT2D eigenvalue weighted by atomic mass is 9.78. The van der Waals surface area contributed by atoms with Gasteiger partial charge in [-0.1, -0.05) is 72.8 Å². The molecular formula is C32H26F4N2O3. The Morgan fingerprint density at radius 3 is 2.22 bits per heavy atom. The van der Waals surface area contributed by atoms with Gasteiger partial charge in [-0.05, 0) is 52.1 Å². The molecule has 2 N–H and O–H groups in total. The average Bonchev–Trinajstić information content (AvgIpc) is 2.97. The highest BCUT2D eigenvalue weighted by Gasteiger charge is 2.44. The van der Waals surface area contributed by atoms with Gasteiger partial charge in [-0.15, -0.1) is 0 Å². The Balaban J connectivity index is 1.61. The molecule has 210 valence electrons. The van der Waals surface area contributed by atoms with E-state index in [1.807, 2.05) is 30.3 Å². The van der Waals surface area contributed by atoms with Crippen LogP contribution in [0.1, 0.15) is 55.7 Å². The molecule has 2 atom stereocenters. The normalized spacial score (nSPS) is 16.8. The lowest BCUT2D eigenvalue weighted by Crippen LogP contribution is -2.47. The molecule has 41 heavy (non-hydrogen) atoms. The van der Waals surface area contributed by atoms with Gasteiger partial charge in [0, 0.05) is 18.7 Å². The van der Waals surface area contributed by atoms with E-state index in [1.165, 1.54) is 4.90 Å². The summed E-state index contributed by atoms with van der Waals surface area (Å²) in [4.78, 5) is 29.1. The van der Waals surface area contributed by atoms with Crippen molar-refractivity contribution in [2.45, 2.75) is 37.8 Å². The zero-order valence-corrected chi connectivity index (χ0v) is 21.7. The Hall–Kier alpha value is -4.50. The molecule has 0 radical (unpaired) electrons. The number of carbonyl (C=O) groups is 2. The van der Waals surface area contributed by atoms with E-state index in [9.17, 15) is 32.3 Å². The first-order valence-electron chi connectivity index (χ1n) is 12.9. The van der Waals surface area contributed by atoms with Crippen LogP contribution in [-0.4, -0.2) is 21.8 Å². The smallest absolute Gasteiger partial charge is 0.392 e. The Kier molecular flexibility index (Phi) is 7.90. The number of hydrogen-bond acceptors (Lipinski definition) is 3. The second kappa shape index (κ2) is 11.5. The minimum absolute atomic E-state index is 0.0644. The van der Waals surface area contributed by atoms with E-state index in [0.29, 0.717) is 22.8 Å². The summed E-state index contributed by atoms with van der Waals surface area (Å²) in [6.07, 6.45) is -4.78. The van der Waals surface area contributed by atoms with E-state index >= 15 is 0 Å². The number of rotatable bonds is 7. The van der Waals surface area contributed by atoms with Crippen LogP contribution in [0, 0.1) is 5.82 Å². The molecule has 0 saturated heterocycles.